The Bertz CT molecular complexity index is 1110. The fourth-order valence-electron chi connectivity index (χ4n) is 3.00. The quantitative estimate of drug-likeness (QED) is 0.468. The number of nitrogens with one attached hydrogen (secondary N) is 1. The molecule has 2 aromatic rings. The van der Waals surface area contributed by atoms with E-state index in [4.69, 9.17) is 10.5 Å². The number of carbonyl (C=O) groups is 5. The van der Waals surface area contributed by atoms with Crippen LogP contribution in [0.1, 0.15) is 53.2 Å². The highest BCUT2D eigenvalue weighted by atomic mass is 79.9. The third kappa shape index (κ3) is 3.85. The smallest absolute Gasteiger partial charge is 0.341 e. The van der Waals surface area contributed by atoms with Gasteiger partial charge in [-0.2, -0.15) is 0 Å². The van der Waals surface area contributed by atoms with E-state index in [0.29, 0.717) is 4.47 Å². The molecule has 2 heterocycles. The van der Waals surface area contributed by atoms with Crippen molar-refractivity contribution in [2.45, 2.75) is 13.8 Å². The average molecular weight is 494 g/mol. The Morgan fingerprint density at radius 2 is 1.87 bits per heavy atom. The Kier molecular flexibility index (Phi) is 6.04. The molecule has 0 spiro atoms. The molecule has 0 aliphatic carbocycles. The van der Waals surface area contributed by atoms with Crippen LogP contribution in [0.15, 0.2) is 22.7 Å². The van der Waals surface area contributed by atoms with Gasteiger partial charge in [-0.3, -0.25) is 24.1 Å². The summed E-state index contributed by atoms with van der Waals surface area (Å²) in [6, 6.07) is 4.63. The number of fused-ring (bicyclic) bond motifs is 1. The van der Waals surface area contributed by atoms with Crippen molar-refractivity contribution in [2.75, 3.05) is 18.5 Å². The van der Waals surface area contributed by atoms with Crippen LogP contribution in [-0.4, -0.2) is 47.6 Å². The Morgan fingerprint density at radius 3 is 2.50 bits per heavy atom. The molecule has 0 unspecified atom stereocenters. The van der Waals surface area contributed by atoms with E-state index in [1.807, 2.05) is 0 Å². The van der Waals surface area contributed by atoms with Crippen LogP contribution in [-0.2, 0) is 9.53 Å². The predicted octanol–water partition coefficient (Wildman–Crippen LogP) is 2.33. The van der Waals surface area contributed by atoms with Crippen molar-refractivity contribution in [3.8, 4) is 0 Å². The second-order valence-corrected chi connectivity index (χ2v) is 8.22. The van der Waals surface area contributed by atoms with Crippen LogP contribution in [0.3, 0.4) is 0 Å². The first kappa shape index (κ1) is 21.7. The number of rotatable bonds is 6. The Hall–Kier alpha value is -3.05. The Labute approximate surface area is 183 Å². The lowest BCUT2D eigenvalue weighted by atomic mass is 10.1. The fraction of sp³-hybridized carbons (Fsp3) is 0.211. The number of imide groups is 1. The maximum Gasteiger partial charge on any atom is 0.341 e. The molecule has 0 fully saturated rings. The van der Waals surface area contributed by atoms with Crippen molar-refractivity contribution < 1.29 is 28.7 Å². The van der Waals surface area contributed by atoms with E-state index in [9.17, 15) is 24.0 Å². The zero-order valence-corrected chi connectivity index (χ0v) is 18.3. The molecule has 0 atom stereocenters. The van der Waals surface area contributed by atoms with Gasteiger partial charge < -0.3 is 15.8 Å². The number of ether oxygens (including phenoxy) is 1. The average Bonchev–Trinajstić information content (AvgIpc) is 3.11. The van der Waals surface area contributed by atoms with Crippen molar-refractivity contribution in [3.05, 3.63) is 49.8 Å². The van der Waals surface area contributed by atoms with Crippen LogP contribution in [0.25, 0.3) is 0 Å². The summed E-state index contributed by atoms with van der Waals surface area (Å²) in [4.78, 5) is 62.4. The van der Waals surface area contributed by atoms with Gasteiger partial charge in [0, 0.05) is 4.47 Å². The Balaban J connectivity index is 1.84. The number of primary amides is 1. The molecular formula is C19H16BrN3O6S. The number of anilines is 1. The zero-order chi connectivity index (χ0) is 22.2. The highest BCUT2D eigenvalue weighted by Crippen LogP contribution is 2.34. The van der Waals surface area contributed by atoms with Gasteiger partial charge >= 0.3 is 5.97 Å². The molecule has 11 heteroatoms. The molecule has 0 bridgehead atoms. The van der Waals surface area contributed by atoms with E-state index < -0.39 is 36.1 Å². The standard InChI is InChI=1S/C19H16BrN3O6S/c1-3-29-19(28)13-8(2)14(15(21)25)30-16(13)22-12(24)7-23-17(26)10-5-4-9(20)6-11(10)18(23)27/h4-6H,3,7H2,1-2H3,(H2,21,25)(H,22,24). The number of esters is 1. The number of benzene rings is 1. The van der Waals surface area contributed by atoms with Crippen LogP contribution in [0.4, 0.5) is 5.00 Å². The van der Waals surface area contributed by atoms with Gasteiger partial charge in [0.25, 0.3) is 17.7 Å². The topological polar surface area (TPSA) is 136 Å². The minimum absolute atomic E-state index is 0.00953. The van der Waals surface area contributed by atoms with Crippen LogP contribution < -0.4 is 11.1 Å². The predicted molar refractivity (Wildman–Crippen MR) is 112 cm³/mol. The zero-order valence-electron chi connectivity index (χ0n) is 15.9. The van der Waals surface area contributed by atoms with Crippen LogP contribution >= 0.6 is 27.3 Å². The minimum atomic E-state index is -0.755. The number of thiophene rings is 1. The lowest BCUT2D eigenvalue weighted by Crippen LogP contribution is -2.37. The molecule has 0 saturated heterocycles. The first-order valence-electron chi connectivity index (χ1n) is 8.71. The van der Waals surface area contributed by atoms with Crippen LogP contribution in [0, 0.1) is 6.92 Å². The molecule has 3 N–H and O–H groups in total. The number of hydrogen-bond donors (Lipinski definition) is 2. The number of halogens is 1. The molecule has 4 amide bonds. The highest BCUT2D eigenvalue weighted by molar-refractivity contribution is 9.10. The Morgan fingerprint density at radius 1 is 1.20 bits per heavy atom. The highest BCUT2D eigenvalue weighted by Gasteiger charge is 2.37. The molecule has 1 aliphatic heterocycles. The summed E-state index contributed by atoms with van der Waals surface area (Å²) in [5, 5.41) is 2.55. The summed E-state index contributed by atoms with van der Waals surface area (Å²) in [5.74, 6) is -3.39. The van der Waals surface area contributed by atoms with Gasteiger partial charge in [0.15, 0.2) is 0 Å². The minimum Gasteiger partial charge on any atom is -0.462 e. The second-order valence-electron chi connectivity index (χ2n) is 6.28. The van der Waals surface area contributed by atoms with E-state index in [0.717, 1.165) is 16.2 Å². The summed E-state index contributed by atoms with van der Waals surface area (Å²) in [7, 11) is 0. The molecule has 3 rings (SSSR count). The molecule has 1 aromatic carbocycles. The first-order valence-corrected chi connectivity index (χ1v) is 10.3. The van der Waals surface area contributed by atoms with Gasteiger partial charge in [-0.05, 0) is 37.6 Å². The third-order valence-corrected chi connectivity index (χ3v) is 6.05. The molecule has 1 aliphatic rings. The normalized spacial score (nSPS) is 12.7. The summed E-state index contributed by atoms with van der Waals surface area (Å²) in [6.07, 6.45) is 0. The number of nitrogens with zero attached hydrogens (tertiary/aromatic N) is 1. The van der Waals surface area contributed by atoms with E-state index in [1.165, 1.54) is 19.1 Å². The summed E-state index contributed by atoms with van der Waals surface area (Å²) in [5.41, 5.74) is 6.02. The molecule has 30 heavy (non-hydrogen) atoms. The molecular weight excluding hydrogens is 478 g/mol. The van der Waals surface area contributed by atoms with E-state index in [2.05, 4.69) is 21.2 Å². The van der Waals surface area contributed by atoms with E-state index in [-0.39, 0.29) is 38.7 Å². The SMILES string of the molecule is CCOC(=O)c1c(NC(=O)CN2C(=O)c3ccc(Br)cc3C2=O)sc(C(N)=O)c1C. The van der Waals surface area contributed by atoms with Crippen molar-refractivity contribution in [1.29, 1.82) is 0 Å². The van der Waals surface area contributed by atoms with Gasteiger partial charge in [-0.1, -0.05) is 15.9 Å². The lowest BCUT2D eigenvalue weighted by molar-refractivity contribution is -0.116. The van der Waals surface area contributed by atoms with E-state index >= 15 is 0 Å². The van der Waals surface area contributed by atoms with Crippen LogP contribution in [0.2, 0.25) is 0 Å². The van der Waals surface area contributed by atoms with Crippen molar-refractivity contribution in [2.24, 2.45) is 5.73 Å². The van der Waals surface area contributed by atoms with E-state index in [1.54, 1.807) is 13.0 Å². The van der Waals surface area contributed by atoms with Gasteiger partial charge in [-0.15, -0.1) is 11.3 Å². The number of nitrogens with two attached hydrogens (primary N) is 1. The lowest BCUT2D eigenvalue weighted by Gasteiger charge is -2.13. The van der Waals surface area contributed by atoms with Gasteiger partial charge in [0.1, 0.15) is 11.5 Å². The van der Waals surface area contributed by atoms with Gasteiger partial charge in [0.05, 0.1) is 28.2 Å². The molecule has 1 aromatic heterocycles. The summed E-state index contributed by atoms with van der Waals surface area (Å²) < 4.78 is 5.61. The molecule has 0 radical (unpaired) electrons. The van der Waals surface area contributed by atoms with Crippen molar-refractivity contribution in [1.82, 2.24) is 4.90 Å². The number of amides is 4. The largest absolute Gasteiger partial charge is 0.462 e. The maximum absolute atomic E-state index is 12.6. The molecule has 0 saturated carbocycles. The van der Waals surface area contributed by atoms with Gasteiger partial charge in [-0.25, -0.2) is 4.79 Å². The number of hydrogen-bond acceptors (Lipinski definition) is 7. The van der Waals surface area contributed by atoms with Crippen molar-refractivity contribution >= 4 is 61.9 Å². The first-order chi connectivity index (χ1) is 14.1. The van der Waals surface area contributed by atoms with Gasteiger partial charge in [0.2, 0.25) is 5.91 Å². The van der Waals surface area contributed by atoms with Crippen molar-refractivity contribution in [3.63, 3.8) is 0 Å². The second kappa shape index (κ2) is 8.36. The fourth-order valence-corrected chi connectivity index (χ4v) is 4.43. The molecule has 9 nitrogen and oxygen atoms in total. The molecule has 156 valence electrons. The summed E-state index contributed by atoms with van der Waals surface area (Å²) in [6.45, 7) is 2.67. The maximum atomic E-state index is 12.6. The monoisotopic (exact) mass is 493 g/mol. The van der Waals surface area contributed by atoms with Crippen LogP contribution in [0.5, 0.6) is 0 Å². The summed E-state index contributed by atoms with van der Waals surface area (Å²) >= 11 is 4.06. The third-order valence-electron chi connectivity index (χ3n) is 4.34. The number of carbonyl (C=O) groups excluding carboxylic acids is 5.